The second-order valence-corrected chi connectivity index (χ2v) is 7.38. The highest BCUT2D eigenvalue weighted by Gasteiger charge is 2.14. The van der Waals surface area contributed by atoms with Gasteiger partial charge in [-0.25, -0.2) is 4.39 Å². The van der Waals surface area contributed by atoms with Gasteiger partial charge in [-0.3, -0.25) is 9.00 Å². The van der Waals surface area contributed by atoms with Gasteiger partial charge in [0.15, 0.2) is 11.6 Å². The summed E-state index contributed by atoms with van der Waals surface area (Å²) in [7, 11) is 0.188. The highest BCUT2D eigenvalue weighted by molar-refractivity contribution is 7.84. The van der Waals surface area contributed by atoms with Gasteiger partial charge in [0.1, 0.15) is 0 Å². The van der Waals surface area contributed by atoms with Crippen LogP contribution in [0.3, 0.4) is 0 Å². The Morgan fingerprint density at radius 1 is 1.38 bits per heavy atom. The Morgan fingerprint density at radius 2 is 2.05 bits per heavy atom. The van der Waals surface area contributed by atoms with Gasteiger partial charge < -0.3 is 10.1 Å². The summed E-state index contributed by atoms with van der Waals surface area (Å²) in [4.78, 5) is 11.6. The molecule has 0 fully saturated rings. The number of carbonyl (C=O) groups excluding carboxylic acids is 1. The molecule has 0 saturated carbocycles. The molecule has 0 aliphatic heterocycles. The van der Waals surface area contributed by atoms with Crippen LogP contribution in [-0.2, 0) is 21.3 Å². The molecular formula is C15H22FNO3S. The van der Waals surface area contributed by atoms with Crippen molar-refractivity contribution in [2.75, 3.05) is 12.9 Å². The van der Waals surface area contributed by atoms with E-state index in [0.717, 1.165) is 0 Å². The summed E-state index contributed by atoms with van der Waals surface area (Å²) in [5.74, 6) is 0.0440. The molecule has 0 radical (unpaired) electrons. The number of benzene rings is 1. The highest BCUT2D eigenvalue weighted by Crippen LogP contribution is 2.18. The predicted octanol–water partition coefficient (Wildman–Crippen LogP) is 2.39. The molecule has 0 aliphatic rings. The van der Waals surface area contributed by atoms with E-state index in [1.54, 1.807) is 6.07 Å². The summed E-state index contributed by atoms with van der Waals surface area (Å²) < 4.78 is 30.3. The van der Waals surface area contributed by atoms with Gasteiger partial charge in [-0.05, 0) is 38.5 Å². The van der Waals surface area contributed by atoms with Crippen LogP contribution in [-0.4, -0.2) is 28.5 Å². The maximum atomic E-state index is 13.5. The number of nitrogens with one attached hydrogen (secondary N) is 1. The molecule has 1 aromatic carbocycles. The van der Waals surface area contributed by atoms with Crippen LogP contribution in [0.2, 0.25) is 0 Å². The lowest BCUT2D eigenvalue weighted by atomic mass is 10.1. The smallest absolute Gasteiger partial charge is 0.221 e. The van der Waals surface area contributed by atoms with Crippen LogP contribution in [0.1, 0.15) is 32.8 Å². The molecule has 0 spiro atoms. The number of amides is 1. The van der Waals surface area contributed by atoms with E-state index >= 15 is 0 Å². The molecule has 4 nitrogen and oxygen atoms in total. The molecule has 0 heterocycles. The van der Waals surface area contributed by atoms with Crippen LogP contribution in [0, 0.1) is 5.82 Å². The van der Waals surface area contributed by atoms with E-state index < -0.39 is 16.6 Å². The number of methoxy groups -OCH3 is 1. The van der Waals surface area contributed by atoms with E-state index in [-0.39, 0.29) is 35.1 Å². The molecule has 1 unspecified atom stereocenters. The van der Waals surface area contributed by atoms with Crippen LogP contribution in [0.4, 0.5) is 4.39 Å². The Kier molecular flexibility index (Phi) is 6.33. The van der Waals surface area contributed by atoms with Gasteiger partial charge in [0, 0.05) is 34.3 Å². The number of ether oxygens (including phenoxy) is 1. The predicted molar refractivity (Wildman–Crippen MR) is 82.2 cm³/mol. The lowest BCUT2D eigenvalue weighted by molar-refractivity contribution is -0.122. The minimum atomic E-state index is -1.21. The van der Waals surface area contributed by atoms with Gasteiger partial charge in [-0.2, -0.15) is 0 Å². The van der Waals surface area contributed by atoms with Gasteiger partial charge in [0.25, 0.3) is 0 Å². The molecular weight excluding hydrogens is 293 g/mol. The second kappa shape index (κ2) is 7.54. The van der Waals surface area contributed by atoms with Crippen LogP contribution in [0.5, 0.6) is 5.75 Å². The van der Waals surface area contributed by atoms with Crippen molar-refractivity contribution in [3.05, 3.63) is 29.6 Å². The normalized spacial score (nSPS) is 12.8. The fraction of sp³-hybridized carbons (Fsp3) is 0.533. The summed E-state index contributed by atoms with van der Waals surface area (Å²) >= 11 is 0. The van der Waals surface area contributed by atoms with E-state index in [1.165, 1.54) is 19.2 Å². The molecule has 1 rings (SSSR count). The monoisotopic (exact) mass is 315 g/mol. The Labute approximate surface area is 127 Å². The molecule has 6 heteroatoms. The molecule has 21 heavy (non-hydrogen) atoms. The molecule has 1 atom stereocenters. The van der Waals surface area contributed by atoms with Crippen molar-refractivity contribution in [3.8, 4) is 5.75 Å². The van der Waals surface area contributed by atoms with Crippen molar-refractivity contribution in [1.29, 1.82) is 0 Å². The van der Waals surface area contributed by atoms with Crippen molar-refractivity contribution in [2.45, 2.75) is 38.5 Å². The SMILES string of the molecule is COc1ccc(CS(=O)CCC(=O)NC(C)(C)C)cc1F. The zero-order valence-electron chi connectivity index (χ0n) is 12.9. The molecule has 1 N–H and O–H groups in total. The van der Waals surface area contributed by atoms with Crippen LogP contribution in [0.15, 0.2) is 18.2 Å². The number of halogens is 1. The van der Waals surface area contributed by atoms with Crippen molar-refractivity contribution < 1.29 is 18.1 Å². The van der Waals surface area contributed by atoms with Gasteiger partial charge >= 0.3 is 0 Å². The first-order valence-corrected chi connectivity index (χ1v) is 8.18. The fourth-order valence-electron chi connectivity index (χ4n) is 1.75. The fourth-order valence-corrected chi connectivity index (χ4v) is 2.85. The van der Waals surface area contributed by atoms with Crippen molar-refractivity contribution >= 4 is 16.7 Å². The molecule has 0 bridgehead atoms. The van der Waals surface area contributed by atoms with E-state index in [4.69, 9.17) is 4.74 Å². The first kappa shape index (κ1) is 17.6. The molecule has 1 aromatic rings. The Hall–Kier alpha value is -1.43. The summed E-state index contributed by atoms with van der Waals surface area (Å²) in [6.45, 7) is 5.67. The minimum absolute atomic E-state index is 0.128. The summed E-state index contributed by atoms with van der Waals surface area (Å²) in [5, 5.41) is 2.81. The number of rotatable bonds is 6. The first-order chi connectivity index (χ1) is 9.71. The third-order valence-corrected chi connectivity index (χ3v) is 3.93. The number of hydrogen-bond donors (Lipinski definition) is 1. The first-order valence-electron chi connectivity index (χ1n) is 6.69. The van der Waals surface area contributed by atoms with E-state index in [9.17, 15) is 13.4 Å². The maximum Gasteiger partial charge on any atom is 0.221 e. The molecule has 0 saturated heterocycles. The van der Waals surface area contributed by atoms with E-state index in [0.29, 0.717) is 5.56 Å². The molecule has 1 amide bonds. The van der Waals surface area contributed by atoms with Crippen LogP contribution in [0.25, 0.3) is 0 Å². The highest BCUT2D eigenvalue weighted by atomic mass is 32.2. The quantitative estimate of drug-likeness (QED) is 0.877. The van der Waals surface area contributed by atoms with Crippen molar-refractivity contribution in [1.82, 2.24) is 5.32 Å². The van der Waals surface area contributed by atoms with Crippen LogP contribution < -0.4 is 10.1 Å². The average Bonchev–Trinajstić information content (AvgIpc) is 2.34. The Bertz CT molecular complexity index is 526. The summed E-state index contributed by atoms with van der Waals surface area (Å²) in [5.41, 5.74) is 0.334. The Morgan fingerprint density at radius 3 is 2.57 bits per heavy atom. The standard InChI is InChI=1S/C15H22FNO3S/c1-15(2,3)17-14(18)7-8-21(19)10-11-5-6-13(20-4)12(16)9-11/h5-6,9H,7-8,10H2,1-4H3,(H,17,18). The zero-order chi connectivity index (χ0) is 16.0. The van der Waals surface area contributed by atoms with E-state index in [2.05, 4.69) is 5.32 Å². The lowest BCUT2D eigenvalue weighted by Crippen LogP contribution is -2.41. The summed E-state index contributed by atoms with van der Waals surface area (Å²) in [6, 6.07) is 4.50. The Balaban J connectivity index is 2.47. The van der Waals surface area contributed by atoms with E-state index in [1.807, 2.05) is 20.8 Å². The van der Waals surface area contributed by atoms with Gasteiger partial charge in [-0.15, -0.1) is 0 Å². The maximum absolute atomic E-state index is 13.5. The lowest BCUT2D eigenvalue weighted by Gasteiger charge is -2.20. The third-order valence-electron chi connectivity index (χ3n) is 2.62. The van der Waals surface area contributed by atoms with Gasteiger partial charge in [0.2, 0.25) is 5.91 Å². The third kappa shape index (κ3) is 6.71. The van der Waals surface area contributed by atoms with Gasteiger partial charge in [-0.1, -0.05) is 6.07 Å². The van der Waals surface area contributed by atoms with Crippen LogP contribution >= 0.6 is 0 Å². The average molecular weight is 315 g/mol. The van der Waals surface area contributed by atoms with Gasteiger partial charge in [0.05, 0.1) is 7.11 Å². The topological polar surface area (TPSA) is 55.4 Å². The molecule has 0 aliphatic carbocycles. The number of hydrogen-bond acceptors (Lipinski definition) is 3. The van der Waals surface area contributed by atoms with Crippen molar-refractivity contribution in [3.63, 3.8) is 0 Å². The molecule has 118 valence electrons. The largest absolute Gasteiger partial charge is 0.494 e. The zero-order valence-corrected chi connectivity index (χ0v) is 13.7. The summed E-state index contributed by atoms with van der Waals surface area (Å²) in [6.07, 6.45) is 0.197. The second-order valence-electron chi connectivity index (χ2n) is 5.81. The minimum Gasteiger partial charge on any atom is -0.494 e. The van der Waals surface area contributed by atoms with Crippen molar-refractivity contribution in [2.24, 2.45) is 0 Å². The molecule has 0 aromatic heterocycles. The number of carbonyl (C=O) groups is 1.